The van der Waals surface area contributed by atoms with E-state index < -0.39 is 17.0 Å². The summed E-state index contributed by atoms with van der Waals surface area (Å²) >= 11 is -0.556. The van der Waals surface area contributed by atoms with Crippen molar-refractivity contribution in [1.29, 1.82) is 0 Å². The van der Waals surface area contributed by atoms with Crippen molar-refractivity contribution in [1.82, 2.24) is 0 Å². The predicted molar refractivity (Wildman–Crippen MR) is 127 cm³/mol. The van der Waals surface area contributed by atoms with Crippen molar-refractivity contribution in [2.45, 2.75) is 91.1 Å². The van der Waals surface area contributed by atoms with Gasteiger partial charge in [-0.05, 0) is 0 Å². The summed E-state index contributed by atoms with van der Waals surface area (Å²) in [6, 6.07) is 9.59. The van der Waals surface area contributed by atoms with Crippen LogP contribution in [0.25, 0.3) is 0 Å². The summed E-state index contributed by atoms with van der Waals surface area (Å²) in [5, 5.41) is 0. The second-order valence-corrected chi connectivity index (χ2v) is 11.3. The van der Waals surface area contributed by atoms with E-state index in [2.05, 4.69) is 51.2 Å². The quantitative estimate of drug-likeness (QED) is 0.312. The molecular weight excluding hydrogens is 435 g/mol. The molecule has 4 rings (SSSR count). The van der Waals surface area contributed by atoms with Crippen LogP contribution >= 0.6 is 18.6 Å². The number of fused-ring (bicyclic) bond motifs is 2. The Morgan fingerprint density at radius 1 is 0.786 bits per heavy atom. The topological polar surface area (TPSA) is 0 Å². The number of halogens is 2. The molecule has 2 aliphatic rings. The summed E-state index contributed by atoms with van der Waals surface area (Å²) < 4.78 is 0. The van der Waals surface area contributed by atoms with E-state index in [1.54, 1.807) is 22.3 Å². The molecule has 157 valence electrons. The van der Waals surface area contributed by atoms with E-state index in [0.29, 0.717) is 0 Å². The van der Waals surface area contributed by atoms with Gasteiger partial charge in [-0.15, -0.1) is 0 Å². The van der Waals surface area contributed by atoms with Crippen LogP contribution in [-0.4, -0.2) is 9.52 Å². The molecule has 0 saturated heterocycles. The molecule has 0 spiro atoms. The molecule has 0 heterocycles. The third kappa shape index (κ3) is 9.35. The van der Waals surface area contributed by atoms with Crippen molar-refractivity contribution in [2.75, 3.05) is 0 Å². The molecule has 0 N–H and O–H groups in total. The predicted octanol–water partition coefficient (Wildman–Crippen LogP) is 7.59. The van der Waals surface area contributed by atoms with Gasteiger partial charge in [-0.3, -0.25) is 0 Å². The van der Waals surface area contributed by atoms with Crippen LogP contribution in [0.2, 0.25) is 13.1 Å². The fraction of sp³-hybridized carbons (Fsp3) is 0.583. The fourth-order valence-corrected chi connectivity index (χ4v) is 3.95. The Morgan fingerprint density at radius 2 is 1.11 bits per heavy atom. The number of aryl methyl sites for hydroxylation is 6. The third-order valence-electron chi connectivity index (χ3n) is 5.36. The van der Waals surface area contributed by atoms with Crippen LogP contribution in [0.4, 0.5) is 0 Å². The molecule has 0 nitrogen and oxygen atoms in total. The Hall–Kier alpha value is 0.211. The zero-order valence-corrected chi connectivity index (χ0v) is 22.4. The minimum atomic E-state index is -0.556. The number of hydrogen-bond donors (Lipinski definition) is 0. The third-order valence-corrected chi connectivity index (χ3v) is 5.36. The van der Waals surface area contributed by atoms with Crippen molar-refractivity contribution in [2.24, 2.45) is 0 Å². The van der Waals surface area contributed by atoms with Gasteiger partial charge in [-0.2, -0.15) is 45.5 Å². The summed E-state index contributed by atoms with van der Waals surface area (Å²) in [7, 11) is 10.5. The van der Waals surface area contributed by atoms with Gasteiger partial charge < -0.3 is 0 Å². The van der Waals surface area contributed by atoms with Gasteiger partial charge in [0, 0.05) is 9.52 Å². The van der Waals surface area contributed by atoms with Crippen LogP contribution in [0.15, 0.2) is 24.3 Å². The van der Waals surface area contributed by atoms with Crippen molar-refractivity contribution in [3.8, 4) is 0 Å². The van der Waals surface area contributed by atoms with E-state index in [-0.39, 0.29) is 0 Å². The molecule has 0 amide bonds. The Labute approximate surface area is 193 Å². The van der Waals surface area contributed by atoms with E-state index in [1.165, 1.54) is 75.3 Å². The molecule has 2 aromatic carbocycles. The normalized spacial score (nSPS) is 14.1. The second-order valence-electron chi connectivity index (χ2n) is 7.60. The van der Waals surface area contributed by atoms with Crippen molar-refractivity contribution in [3.63, 3.8) is 0 Å². The van der Waals surface area contributed by atoms with E-state index in [4.69, 9.17) is 18.6 Å². The van der Waals surface area contributed by atoms with Crippen LogP contribution in [0, 0.1) is 0 Å². The summed E-state index contributed by atoms with van der Waals surface area (Å²) in [4.78, 5) is 0. The number of rotatable bonds is 2. The summed E-state index contributed by atoms with van der Waals surface area (Å²) in [5.41, 5.74) is 9.61. The first-order valence-corrected chi connectivity index (χ1v) is 17.5. The summed E-state index contributed by atoms with van der Waals surface area (Å²) in [6.45, 7) is 8.89. The maximum atomic E-state index is 4.89. The molecule has 0 aliphatic heterocycles. The molecule has 1 radical (unpaired) electrons. The molecule has 0 fully saturated rings. The van der Waals surface area contributed by atoms with E-state index in [1.807, 2.05) is 0 Å². The van der Waals surface area contributed by atoms with Crippen LogP contribution in [0.5, 0.6) is 0 Å². The SMILES string of the molecule is CCc1cc2c([cH-]1)CCCC2.CCc1cc2c([cH-]1)CCCC2.C[SiH]C.[Cl][Ti][Cl]. The average Bonchev–Trinajstić information content (AvgIpc) is 3.33. The van der Waals surface area contributed by atoms with Gasteiger partial charge in [-0.1, -0.05) is 91.1 Å². The molecular formula is C24H37Cl2SiTi-2. The van der Waals surface area contributed by atoms with Crippen LogP contribution in [-0.2, 0) is 55.6 Å². The second kappa shape index (κ2) is 16.0. The van der Waals surface area contributed by atoms with Crippen molar-refractivity contribution >= 4 is 28.1 Å². The molecule has 0 unspecified atom stereocenters. The van der Waals surface area contributed by atoms with Gasteiger partial charge in [0.05, 0.1) is 0 Å². The first-order chi connectivity index (χ1) is 13.6. The molecule has 2 aliphatic carbocycles. The number of hydrogen-bond acceptors (Lipinski definition) is 0. The molecule has 2 aromatic rings. The molecule has 4 heteroatoms. The molecule has 0 atom stereocenters. The van der Waals surface area contributed by atoms with Crippen molar-refractivity contribution < 1.29 is 17.0 Å². The van der Waals surface area contributed by atoms with Gasteiger partial charge in [0.15, 0.2) is 0 Å². The van der Waals surface area contributed by atoms with Crippen LogP contribution in [0.3, 0.4) is 0 Å². The Balaban J connectivity index is 0.000000220. The standard InChI is InChI=1S/2C11H15.C2H7Si.2ClH.Ti/c2*1-2-9-7-10-5-3-4-6-11(10)8-9;1-3-2;;;/h2*7-8H,2-6H2,1H3;3H,1-2H3;2*1H;/q2*-1;;;;+2/p-2. The zero-order chi connectivity index (χ0) is 20.8. The summed E-state index contributed by atoms with van der Waals surface area (Å²) in [5.74, 6) is 0. The first-order valence-electron chi connectivity index (χ1n) is 10.9. The van der Waals surface area contributed by atoms with Gasteiger partial charge >= 0.3 is 35.6 Å². The van der Waals surface area contributed by atoms with Crippen molar-refractivity contribution in [3.05, 3.63) is 57.6 Å². The summed E-state index contributed by atoms with van der Waals surface area (Å²) in [6.07, 6.45) is 13.3. The Bertz CT molecular complexity index is 542. The molecule has 0 aromatic heterocycles. The van der Waals surface area contributed by atoms with Gasteiger partial charge in [-0.25, -0.2) is 12.1 Å². The fourth-order valence-electron chi connectivity index (χ4n) is 3.95. The van der Waals surface area contributed by atoms with Gasteiger partial charge in [0.1, 0.15) is 0 Å². The Kier molecular flexibility index (Phi) is 15.0. The molecule has 28 heavy (non-hydrogen) atoms. The van der Waals surface area contributed by atoms with Crippen LogP contribution in [0.1, 0.15) is 72.9 Å². The Morgan fingerprint density at radius 3 is 1.39 bits per heavy atom. The minimum absolute atomic E-state index is 0.556. The van der Waals surface area contributed by atoms with Gasteiger partial charge in [0.25, 0.3) is 0 Å². The molecule has 0 saturated carbocycles. The maximum absolute atomic E-state index is 4.89. The first kappa shape index (κ1) is 26.2. The zero-order valence-electron chi connectivity index (χ0n) is 18.2. The van der Waals surface area contributed by atoms with E-state index in [0.717, 1.165) is 9.52 Å². The average molecular weight is 472 g/mol. The van der Waals surface area contributed by atoms with Gasteiger partial charge in [0.2, 0.25) is 0 Å². The van der Waals surface area contributed by atoms with E-state index in [9.17, 15) is 0 Å². The van der Waals surface area contributed by atoms with E-state index >= 15 is 0 Å². The molecule has 0 bridgehead atoms. The van der Waals surface area contributed by atoms with Crippen LogP contribution < -0.4 is 0 Å². The monoisotopic (exact) mass is 471 g/mol.